The van der Waals surface area contributed by atoms with Crippen LogP contribution in [0, 0.1) is 0 Å². The number of nitrogens with zero attached hydrogens (tertiary/aromatic N) is 3. The van der Waals surface area contributed by atoms with Crippen LogP contribution in [0.2, 0.25) is 0 Å². The van der Waals surface area contributed by atoms with Crippen molar-refractivity contribution in [1.29, 1.82) is 0 Å². The number of morpholine rings is 1. The molecule has 0 unspecified atom stereocenters. The Labute approximate surface area is 197 Å². The van der Waals surface area contributed by atoms with Crippen LogP contribution < -0.4 is 10.6 Å². The van der Waals surface area contributed by atoms with E-state index in [2.05, 4.69) is 46.7 Å². The second-order valence-corrected chi connectivity index (χ2v) is 7.67. The van der Waals surface area contributed by atoms with Crippen molar-refractivity contribution in [2.24, 2.45) is 4.99 Å². The summed E-state index contributed by atoms with van der Waals surface area (Å²) in [5, 5.41) is 6.76. The molecule has 2 aliphatic rings. The monoisotopic (exact) mass is 529 g/mol. The van der Waals surface area contributed by atoms with Gasteiger partial charge in [-0.15, -0.1) is 24.0 Å². The average molecular weight is 529 g/mol. The predicted molar refractivity (Wildman–Crippen MR) is 131 cm³/mol. The smallest absolute Gasteiger partial charge is 0.222 e. The molecule has 0 saturated carbocycles. The molecular formula is C22H36IN5O2. The molecule has 168 valence electrons. The summed E-state index contributed by atoms with van der Waals surface area (Å²) in [4.78, 5) is 21.0. The number of hydrogen-bond donors (Lipinski definition) is 2. The topological polar surface area (TPSA) is 69.2 Å². The van der Waals surface area contributed by atoms with Crippen molar-refractivity contribution < 1.29 is 9.53 Å². The zero-order valence-corrected chi connectivity index (χ0v) is 20.4. The van der Waals surface area contributed by atoms with Gasteiger partial charge in [0.05, 0.1) is 19.8 Å². The molecule has 0 aromatic heterocycles. The largest absolute Gasteiger partial charge is 0.379 e. The zero-order chi connectivity index (χ0) is 20.3. The number of aliphatic imine (C=N–C) groups is 1. The van der Waals surface area contributed by atoms with Crippen LogP contribution in [0.1, 0.15) is 37.3 Å². The van der Waals surface area contributed by atoms with Gasteiger partial charge in [-0.1, -0.05) is 24.3 Å². The van der Waals surface area contributed by atoms with Crippen LogP contribution in [0.25, 0.3) is 0 Å². The summed E-state index contributed by atoms with van der Waals surface area (Å²) in [5.74, 6) is 1.12. The minimum atomic E-state index is 0. The van der Waals surface area contributed by atoms with Crippen LogP contribution in [-0.2, 0) is 22.6 Å². The maximum atomic E-state index is 11.9. The lowest BCUT2D eigenvalue weighted by molar-refractivity contribution is -0.128. The molecule has 3 rings (SSSR count). The number of carbonyl (C=O) groups excluding carboxylic acids is 1. The van der Waals surface area contributed by atoms with E-state index in [1.165, 1.54) is 11.1 Å². The Bertz CT molecular complexity index is 679. The Balaban J connectivity index is 0.00000320. The quantitative estimate of drug-likeness (QED) is 0.222. The molecule has 2 fully saturated rings. The first-order valence-corrected chi connectivity index (χ1v) is 10.9. The Hall–Kier alpha value is -1.39. The van der Waals surface area contributed by atoms with Gasteiger partial charge in [0.25, 0.3) is 0 Å². The third kappa shape index (κ3) is 8.39. The van der Waals surface area contributed by atoms with Gasteiger partial charge >= 0.3 is 0 Å². The first-order chi connectivity index (χ1) is 14.2. The van der Waals surface area contributed by atoms with Gasteiger partial charge in [-0.05, 0) is 37.4 Å². The van der Waals surface area contributed by atoms with Crippen molar-refractivity contribution in [2.45, 2.75) is 39.3 Å². The summed E-state index contributed by atoms with van der Waals surface area (Å²) in [6, 6.07) is 8.41. The molecule has 2 heterocycles. The predicted octanol–water partition coefficient (Wildman–Crippen LogP) is 2.20. The molecule has 2 saturated heterocycles. The standard InChI is InChI=1S/C22H35N5O2.HI/c1-2-23-22(24-9-5-10-26-12-14-29-15-13-26)25-17-19-6-3-7-20(16-19)18-27-11-4-8-21(27)28;/h3,6-7,16H,2,4-5,8-15,17-18H2,1H3,(H2,23,24,25);1H. The molecule has 1 aromatic carbocycles. The Morgan fingerprint density at radius 1 is 1.17 bits per heavy atom. The van der Waals surface area contributed by atoms with E-state index in [-0.39, 0.29) is 29.9 Å². The fourth-order valence-electron chi connectivity index (χ4n) is 3.76. The molecule has 1 aromatic rings. The van der Waals surface area contributed by atoms with Crippen LogP contribution in [0.15, 0.2) is 29.3 Å². The highest BCUT2D eigenvalue weighted by Gasteiger charge is 2.19. The summed E-state index contributed by atoms with van der Waals surface area (Å²) in [7, 11) is 0. The van der Waals surface area contributed by atoms with Crippen LogP contribution in [0.3, 0.4) is 0 Å². The third-order valence-corrected chi connectivity index (χ3v) is 5.35. The molecule has 0 spiro atoms. The van der Waals surface area contributed by atoms with E-state index in [1.54, 1.807) is 0 Å². The Morgan fingerprint density at radius 3 is 2.70 bits per heavy atom. The maximum absolute atomic E-state index is 11.9. The number of amides is 1. The van der Waals surface area contributed by atoms with E-state index in [0.717, 1.165) is 71.3 Å². The van der Waals surface area contributed by atoms with Gasteiger partial charge in [-0.25, -0.2) is 4.99 Å². The second kappa shape index (κ2) is 13.8. The van der Waals surface area contributed by atoms with Crippen molar-refractivity contribution in [2.75, 3.05) is 52.5 Å². The zero-order valence-electron chi connectivity index (χ0n) is 18.1. The lowest BCUT2D eigenvalue weighted by Crippen LogP contribution is -2.40. The van der Waals surface area contributed by atoms with Gasteiger partial charge in [-0.2, -0.15) is 0 Å². The lowest BCUT2D eigenvalue weighted by Gasteiger charge is -2.26. The fourth-order valence-corrected chi connectivity index (χ4v) is 3.76. The Morgan fingerprint density at radius 2 is 1.97 bits per heavy atom. The molecule has 30 heavy (non-hydrogen) atoms. The second-order valence-electron chi connectivity index (χ2n) is 7.67. The molecule has 1 amide bonds. The van der Waals surface area contributed by atoms with Crippen molar-refractivity contribution in [3.63, 3.8) is 0 Å². The number of rotatable bonds is 9. The lowest BCUT2D eigenvalue weighted by atomic mass is 10.1. The van der Waals surface area contributed by atoms with Crippen LogP contribution >= 0.6 is 24.0 Å². The van der Waals surface area contributed by atoms with Gasteiger partial charge in [0, 0.05) is 45.7 Å². The molecule has 8 heteroatoms. The Kier molecular flexibility index (Phi) is 11.5. The summed E-state index contributed by atoms with van der Waals surface area (Å²) >= 11 is 0. The van der Waals surface area contributed by atoms with Crippen LogP contribution in [-0.4, -0.2) is 74.1 Å². The number of guanidine groups is 1. The first kappa shape index (κ1) is 24.9. The molecule has 0 radical (unpaired) electrons. The van der Waals surface area contributed by atoms with Crippen molar-refractivity contribution in [3.8, 4) is 0 Å². The molecule has 0 atom stereocenters. The molecule has 0 bridgehead atoms. The van der Waals surface area contributed by atoms with E-state index in [4.69, 9.17) is 9.73 Å². The number of likely N-dealkylation sites (tertiary alicyclic amines) is 1. The highest BCUT2D eigenvalue weighted by atomic mass is 127. The van der Waals surface area contributed by atoms with Gasteiger partial charge in [0.2, 0.25) is 5.91 Å². The molecular weight excluding hydrogens is 493 g/mol. The highest BCUT2D eigenvalue weighted by Crippen LogP contribution is 2.15. The number of halogens is 1. The minimum Gasteiger partial charge on any atom is -0.379 e. The number of benzene rings is 1. The van der Waals surface area contributed by atoms with E-state index in [0.29, 0.717) is 19.5 Å². The van der Waals surface area contributed by atoms with E-state index >= 15 is 0 Å². The van der Waals surface area contributed by atoms with Crippen molar-refractivity contribution in [3.05, 3.63) is 35.4 Å². The van der Waals surface area contributed by atoms with E-state index in [1.807, 2.05) is 4.90 Å². The number of hydrogen-bond acceptors (Lipinski definition) is 4. The molecule has 7 nitrogen and oxygen atoms in total. The SMILES string of the molecule is CCNC(=NCc1cccc(CN2CCCC2=O)c1)NCCCN1CCOCC1.I. The average Bonchev–Trinajstić information content (AvgIpc) is 3.15. The number of nitrogens with one attached hydrogen (secondary N) is 2. The number of carbonyl (C=O) groups is 1. The fraction of sp³-hybridized carbons (Fsp3) is 0.636. The van der Waals surface area contributed by atoms with Crippen molar-refractivity contribution in [1.82, 2.24) is 20.4 Å². The summed E-state index contributed by atoms with van der Waals surface area (Å²) in [5.41, 5.74) is 2.34. The third-order valence-electron chi connectivity index (χ3n) is 5.35. The van der Waals surface area contributed by atoms with Gasteiger partial charge in [0.1, 0.15) is 0 Å². The maximum Gasteiger partial charge on any atom is 0.222 e. The highest BCUT2D eigenvalue weighted by molar-refractivity contribution is 14.0. The van der Waals surface area contributed by atoms with Gasteiger partial charge in [0.15, 0.2) is 5.96 Å². The van der Waals surface area contributed by atoms with E-state index < -0.39 is 0 Å². The van der Waals surface area contributed by atoms with Crippen molar-refractivity contribution >= 4 is 35.8 Å². The number of ether oxygens (including phenoxy) is 1. The van der Waals surface area contributed by atoms with Gasteiger partial charge in [-0.3, -0.25) is 9.69 Å². The minimum absolute atomic E-state index is 0. The van der Waals surface area contributed by atoms with Gasteiger partial charge < -0.3 is 20.3 Å². The van der Waals surface area contributed by atoms with Crippen LogP contribution in [0.4, 0.5) is 0 Å². The first-order valence-electron chi connectivity index (χ1n) is 10.9. The summed E-state index contributed by atoms with van der Waals surface area (Å²) in [6.45, 7) is 10.9. The normalized spacial score (nSPS) is 17.7. The summed E-state index contributed by atoms with van der Waals surface area (Å²) in [6.07, 6.45) is 2.75. The van der Waals surface area contributed by atoms with E-state index in [9.17, 15) is 4.79 Å². The summed E-state index contributed by atoms with van der Waals surface area (Å²) < 4.78 is 5.40. The molecule has 0 aliphatic carbocycles. The molecule has 2 N–H and O–H groups in total. The molecule has 2 aliphatic heterocycles. The van der Waals surface area contributed by atoms with Crippen LogP contribution in [0.5, 0.6) is 0 Å².